The highest BCUT2D eigenvalue weighted by Crippen LogP contribution is 2.30. The molecule has 0 radical (unpaired) electrons. The molecule has 4 nitrogen and oxygen atoms in total. The number of hydrogen-bond acceptors (Lipinski definition) is 4. The minimum atomic E-state index is -0.987. The molecule has 0 amide bonds. The Labute approximate surface area is 124 Å². The van der Waals surface area contributed by atoms with Gasteiger partial charge in [-0.3, -0.25) is 9.59 Å². The molecule has 106 valence electrons. The van der Waals surface area contributed by atoms with Crippen LogP contribution in [0.15, 0.2) is 40.1 Å². The van der Waals surface area contributed by atoms with Crippen molar-refractivity contribution >= 4 is 34.1 Å². The molecule has 0 saturated heterocycles. The van der Waals surface area contributed by atoms with Gasteiger partial charge in [-0.15, -0.1) is 11.3 Å². The zero-order valence-electron chi connectivity index (χ0n) is 11.3. The zero-order valence-corrected chi connectivity index (χ0v) is 12.1. The first-order valence-corrected chi connectivity index (χ1v) is 7.26. The largest absolute Gasteiger partial charge is 0.481 e. The molecular formula is C16H12O4S. The molecule has 3 aromatic rings. The van der Waals surface area contributed by atoms with Crippen LogP contribution in [0.3, 0.4) is 0 Å². The molecule has 0 atom stereocenters. The Morgan fingerprint density at radius 3 is 2.76 bits per heavy atom. The van der Waals surface area contributed by atoms with E-state index in [9.17, 15) is 9.59 Å². The number of carbonyl (C=O) groups is 2. The zero-order chi connectivity index (χ0) is 15.0. The molecule has 0 bridgehead atoms. The maximum Gasteiger partial charge on any atom is 0.307 e. The maximum atomic E-state index is 12.5. The van der Waals surface area contributed by atoms with E-state index in [1.807, 2.05) is 19.1 Å². The Hall–Kier alpha value is -2.40. The van der Waals surface area contributed by atoms with Gasteiger partial charge in [-0.2, -0.15) is 0 Å². The van der Waals surface area contributed by atoms with E-state index in [1.165, 1.54) is 11.3 Å². The van der Waals surface area contributed by atoms with Crippen LogP contribution in [-0.4, -0.2) is 16.9 Å². The van der Waals surface area contributed by atoms with Crippen LogP contribution < -0.4 is 0 Å². The Balaban J connectivity index is 2.20. The highest BCUT2D eigenvalue weighted by molar-refractivity contribution is 7.12. The first kappa shape index (κ1) is 13.6. The van der Waals surface area contributed by atoms with Gasteiger partial charge in [-0.05, 0) is 30.0 Å². The second-order valence-corrected chi connectivity index (χ2v) is 5.73. The summed E-state index contributed by atoms with van der Waals surface area (Å²) in [5.74, 6) is -1.13. The fourth-order valence-electron chi connectivity index (χ4n) is 2.29. The number of aliphatic carboxylic acids is 1. The topological polar surface area (TPSA) is 67.5 Å². The SMILES string of the molecule is Cc1ccc2c(CC(=O)O)c(C(=O)c3cccs3)oc2c1. The fourth-order valence-corrected chi connectivity index (χ4v) is 2.95. The molecule has 1 aromatic carbocycles. The molecule has 0 unspecified atom stereocenters. The number of thiophene rings is 1. The van der Waals surface area contributed by atoms with Crippen molar-refractivity contribution in [1.82, 2.24) is 0 Å². The van der Waals surface area contributed by atoms with Gasteiger partial charge in [0.25, 0.3) is 0 Å². The second kappa shape index (κ2) is 5.18. The van der Waals surface area contributed by atoms with Gasteiger partial charge in [0.1, 0.15) is 5.58 Å². The van der Waals surface area contributed by atoms with E-state index in [-0.39, 0.29) is 18.0 Å². The van der Waals surface area contributed by atoms with E-state index in [0.717, 1.165) is 5.56 Å². The molecule has 3 rings (SSSR count). The first-order chi connectivity index (χ1) is 10.1. The molecule has 21 heavy (non-hydrogen) atoms. The molecule has 0 aliphatic heterocycles. The lowest BCUT2D eigenvalue weighted by Crippen LogP contribution is -2.06. The lowest BCUT2D eigenvalue weighted by molar-refractivity contribution is -0.136. The van der Waals surface area contributed by atoms with Crippen molar-refractivity contribution in [3.05, 3.63) is 57.5 Å². The van der Waals surface area contributed by atoms with Crippen molar-refractivity contribution in [2.24, 2.45) is 0 Å². The lowest BCUT2D eigenvalue weighted by atomic mass is 10.0. The average Bonchev–Trinajstić information content (AvgIpc) is 3.05. The van der Waals surface area contributed by atoms with Gasteiger partial charge in [0.05, 0.1) is 11.3 Å². The number of ketones is 1. The van der Waals surface area contributed by atoms with Crippen molar-refractivity contribution in [3.63, 3.8) is 0 Å². The van der Waals surface area contributed by atoms with Gasteiger partial charge in [0.15, 0.2) is 5.76 Å². The second-order valence-electron chi connectivity index (χ2n) is 4.79. The maximum absolute atomic E-state index is 12.5. The van der Waals surface area contributed by atoms with Crippen LogP contribution in [0, 0.1) is 6.92 Å². The third-order valence-electron chi connectivity index (χ3n) is 3.23. The summed E-state index contributed by atoms with van der Waals surface area (Å²) in [4.78, 5) is 24.1. The summed E-state index contributed by atoms with van der Waals surface area (Å²) in [5, 5.41) is 11.6. The number of rotatable bonds is 4. The minimum absolute atomic E-state index is 0.125. The highest BCUT2D eigenvalue weighted by Gasteiger charge is 2.23. The van der Waals surface area contributed by atoms with Crippen LogP contribution in [0.25, 0.3) is 11.0 Å². The number of hydrogen-bond donors (Lipinski definition) is 1. The molecule has 0 saturated carbocycles. The summed E-state index contributed by atoms with van der Waals surface area (Å²) in [5.41, 5.74) is 1.98. The Kier molecular flexibility index (Phi) is 3.35. The van der Waals surface area contributed by atoms with Crippen molar-refractivity contribution < 1.29 is 19.1 Å². The van der Waals surface area contributed by atoms with Crippen LogP contribution in [0.2, 0.25) is 0 Å². The first-order valence-electron chi connectivity index (χ1n) is 6.38. The predicted molar refractivity (Wildman–Crippen MR) is 80.0 cm³/mol. The van der Waals surface area contributed by atoms with Gasteiger partial charge in [-0.25, -0.2) is 0 Å². The molecule has 5 heteroatoms. The number of carboxylic acids is 1. The fraction of sp³-hybridized carbons (Fsp3) is 0.125. The molecule has 1 N–H and O–H groups in total. The van der Waals surface area contributed by atoms with Crippen molar-refractivity contribution in [2.75, 3.05) is 0 Å². The molecule has 0 fully saturated rings. The van der Waals surface area contributed by atoms with Crippen LogP contribution >= 0.6 is 11.3 Å². The number of fused-ring (bicyclic) bond motifs is 1. The molecule has 2 heterocycles. The molecule has 2 aromatic heterocycles. The van der Waals surface area contributed by atoms with Gasteiger partial charge in [-0.1, -0.05) is 18.2 Å². The minimum Gasteiger partial charge on any atom is -0.481 e. The standard InChI is InChI=1S/C16H12O4S/c1-9-4-5-10-11(8-14(17)18)16(20-12(10)7-9)15(19)13-3-2-6-21-13/h2-7H,8H2,1H3,(H,17,18). The Morgan fingerprint density at radius 1 is 1.29 bits per heavy atom. The molecule has 0 aliphatic rings. The summed E-state index contributed by atoms with van der Waals surface area (Å²) in [7, 11) is 0. The van der Waals surface area contributed by atoms with Gasteiger partial charge in [0, 0.05) is 10.9 Å². The number of benzene rings is 1. The van der Waals surface area contributed by atoms with E-state index in [1.54, 1.807) is 23.6 Å². The van der Waals surface area contributed by atoms with E-state index >= 15 is 0 Å². The van der Waals surface area contributed by atoms with Gasteiger partial charge in [0.2, 0.25) is 5.78 Å². The lowest BCUT2D eigenvalue weighted by Gasteiger charge is -1.98. The smallest absolute Gasteiger partial charge is 0.307 e. The van der Waals surface area contributed by atoms with E-state index in [4.69, 9.17) is 9.52 Å². The van der Waals surface area contributed by atoms with E-state index < -0.39 is 5.97 Å². The third-order valence-corrected chi connectivity index (χ3v) is 4.10. The monoisotopic (exact) mass is 300 g/mol. The summed E-state index contributed by atoms with van der Waals surface area (Å²) >= 11 is 1.31. The summed E-state index contributed by atoms with van der Waals surface area (Å²) in [6, 6.07) is 8.98. The average molecular weight is 300 g/mol. The van der Waals surface area contributed by atoms with E-state index in [0.29, 0.717) is 21.4 Å². The van der Waals surface area contributed by atoms with Crippen molar-refractivity contribution in [1.29, 1.82) is 0 Å². The van der Waals surface area contributed by atoms with Crippen molar-refractivity contribution in [2.45, 2.75) is 13.3 Å². The van der Waals surface area contributed by atoms with Crippen molar-refractivity contribution in [3.8, 4) is 0 Å². The Bertz CT molecular complexity index is 827. The van der Waals surface area contributed by atoms with Crippen LogP contribution in [0.5, 0.6) is 0 Å². The molecule has 0 aliphatic carbocycles. The van der Waals surface area contributed by atoms with Gasteiger partial charge < -0.3 is 9.52 Å². The molecular weight excluding hydrogens is 288 g/mol. The summed E-state index contributed by atoms with van der Waals surface area (Å²) in [6.45, 7) is 1.92. The predicted octanol–water partition coefficient (Wildman–Crippen LogP) is 3.66. The normalized spacial score (nSPS) is 10.9. The van der Waals surface area contributed by atoms with E-state index in [2.05, 4.69) is 0 Å². The number of carbonyl (C=O) groups excluding carboxylic acids is 1. The Morgan fingerprint density at radius 2 is 2.10 bits per heavy atom. The number of carboxylic acid groups (broad SMARTS) is 1. The highest BCUT2D eigenvalue weighted by atomic mass is 32.1. The van der Waals surface area contributed by atoms with Crippen LogP contribution in [-0.2, 0) is 11.2 Å². The number of furan rings is 1. The van der Waals surface area contributed by atoms with Crippen LogP contribution in [0.1, 0.15) is 26.6 Å². The molecule has 0 spiro atoms. The van der Waals surface area contributed by atoms with Crippen LogP contribution in [0.4, 0.5) is 0 Å². The number of aryl methyl sites for hydroxylation is 1. The third kappa shape index (κ3) is 2.48. The quantitative estimate of drug-likeness (QED) is 0.747. The summed E-state index contributed by atoms with van der Waals surface area (Å²) < 4.78 is 5.66. The summed E-state index contributed by atoms with van der Waals surface area (Å²) in [6.07, 6.45) is -0.234. The van der Waals surface area contributed by atoms with Gasteiger partial charge >= 0.3 is 5.97 Å².